The fraction of sp³-hybridized carbons (Fsp3) is 0.130. The van der Waals surface area contributed by atoms with Crippen LogP contribution >= 0.6 is 0 Å². The third-order valence-corrected chi connectivity index (χ3v) is 4.58. The number of ketones is 1. The smallest absolute Gasteiger partial charge is 0.262 e. The van der Waals surface area contributed by atoms with Crippen LogP contribution in [0.4, 0.5) is 5.69 Å². The number of para-hydroxylation sites is 1. The maximum Gasteiger partial charge on any atom is 0.262 e. The van der Waals surface area contributed by atoms with E-state index in [4.69, 9.17) is 13.9 Å². The Hall–Kier alpha value is -3.80. The summed E-state index contributed by atoms with van der Waals surface area (Å²) in [6.45, 7) is 1.27. The van der Waals surface area contributed by atoms with Crippen LogP contribution in [0.2, 0.25) is 0 Å². The number of methoxy groups -OCH3 is 1. The minimum absolute atomic E-state index is 0.0659. The van der Waals surface area contributed by atoms with Gasteiger partial charge in [0.15, 0.2) is 12.4 Å². The third kappa shape index (κ3) is 3.78. The highest BCUT2D eigenvalue weighted by Gasteiger charge is 2.14. The number of hydrogen-bond acceptors (Lipinski definition) is 5. The molecular formula is C23H19NO5. The molecular weight excluding hydrogens is 370 g/mol. The van der Waals surface area contributed by atoms with Crippen LogP contribution in [0.25, 0.3) is 21.9 Å². The predicted molar refractivity (Wildman–Crippen MR) is 111 cm³/mol. The molecule has 0 radical (unpaired) electrons. The second kappa shape index (κ2) is 7.67. The lowest BCUT2D eigenvalue weighted by Gasteiger charge is -2.11. The topological polar surface area (TPSA) is 77.8 Å². The number of rotatable bonds is 6. The SMILES string of the molecule is COc1cc2c(cc1NC(=O)COc1cccc(C(C)=O)c1)oc1ccccc12. The molecule has 29 heavy (non-hydrogen) atoms. The largest absolute Gasteiger partial charge is 0.495 e. The van der Waals surface area contributed by atoms with Gasteiger partial charge in [-0.05, 0) is 31.2 Å². The number of anilines is 1. The number of amides is 1. The van der Waals surface area contributed by atoms with E-state index in [9.17, 15) is 9.59 Å². The van der Waals surface area contributed by atoms with Crippen molar-refractivity contribution < 1.29 is 23.5 Å². The van der Waals surface area contributed by atoms with Crippen LogP contribution in [0.15, 0.2) is 65.1 Å². The minimum atomic E-state index is -0.355. The Morgan fingerprint density at radius 2 is 1.79 bits per heavy atom. The Morgan fingerprint density at radius 1 is 0.966 bits per heavy atom. The molecule has 1 amide bonds. The van der Waals surface area contributed by atoms with Gasteiger partial charge in [0, 0.05) is 22.4 Å². The van der Waals surface area contributed by atoms with Crippen LogP contribution in [-0.4, -0.2) is 25.4 Å². The number of fused-ring (bicyclic) bond motifs is 3. The van der Waals surface area contributed by atoms with E-state index in [0.29, 0.717) is 28.3 Å². The summed E-state index contributed by atoms with van der Waals surface area (Å²) in [5.74, 6) is 0.555. The van der Waals surface area contributed by atoms with Crippen LogP contribution < -0.4 is 14.8 Å². The van der Waals surface area contributed by atoms with Crippen molar-refractivity contribution in [1.29, 1.82) is 0 Å². The molecule has 1 N–H and O–H groups in total. The van der Waals surface area contributed by atoms with Crippen LogP contribution in [0.5, 0.6) is 11.5 Å². The molecule has 0 atom stereocenters. The summed E-state index contributed by atoms with van der Waals surface area (Å²) in [7, 11) is 1.54. The molecule has 6 heteroatoms. The fourth-order valence-corrected chi connectivity index (χ4v) is 3.16. The van der Waals surface area contributed by atoms with Gasteiger partial charge in [0.1, 0.15) is 22.7 Å². The van der Waals surface area contributed by atoms with Crippen LogP contribution in [-0.2, 0) is 4.79 Å². The van der Waals surface area contributed by atoms with E-state index >= 15 is 0 Å². The zero-order valence-electron chi connectivity index (χ0n) is 16.0. The van der Waals surface area contributed by atoms with E-state index in [1.807, 2.05) is 30.3 Å². The molecule has 6 nitrogen and oxygen atoms in total. The van der Waals surface area contributed by atoms with E-state index in [0.717, 1.165) is 16.4 Å². The highest BCUT2D eigenvalue weighted by Crippen LogP contribution is 2.36. The quantitative estimate of drug-likeness (QED) is 0.479. The zero-order valence-corrected chi connectivity index (χ0v) is 16.0. The Bertz CT molecular complexity index is 1220. The molecule has 0 bridgehead atoms. The number of hydrogen-bond donors (Lipinski definition) is 1. The monoisotopic (exact) mass is 389 g/mol. The van der Waals surface area contributed by atoms with Crippen molar-refractivity contribution in [2.24, 2.45) is 0 Å². The summed E-state index contributed by atoms with van der Waals surface area (Å²) >= 11 is 0. The molecule has 4 aromatic rings. The molecule has 4 rings (SSSR count). The van der Waals surface area contributed by atoms with E-state index in [2.05, 4.69) is 5.32 Å². The normalized spacial score (nSPS) is 10.8. The lowest BCUT2D eigenvalue weighted by atomic mass is 10.1. The second-order valence-electron chi connectivity index (χ2n) is 6.57. The summed E-state index contributed by atoms with van der Waals surface area (Å²) in [5.41, 5.74) is 2.43. The van der Waals surface area contributed by atoms with Gasteiger partial charge >= 0.3 is 0 Å². The number of furan rings is 1. The molecule has 3 aromatic carbocycles. The second-order valence-corrected chi connectivity index (χ2v) is 6.57. The van der Waals surface area contributed by atoms with Gasteiger partial charge in [-0.25, -0.2) is 0 Å². The standard InChI is InChI=1S/C23H19NO5/c1-14(25)15-6-5-7-16(10-15)28-13-23(26)24-19-12-21-18(11-22(19)27-2)17-8-3-4-9-20(17)29-21/h3-12H,13H2,1-2H3,(H,24,26). The molecule has 0 saturated carbocycles. The molecule has 0 spiro atoms. The van der Waals surface area contributed by atoms with Gasteiger partial charge in [0.25, 0.3) is 5.91 Å². The minimum Gasteiger partial charge on any atom is -0.495 e. The number of benzene rings is 3. The maximum atomic E-state index is 12.4. The Labute approximate surface area is 167 Å². The van der Waals surface area contributed by atoms with E-state index in [1.165, 1.54) is 6.92 Å². The number of carbonyl (C=O) groups is 2. The first-order valence-corrected chi connectivity index (χ1v) is 9.08. The Balaban J connectivity index is 1.53. The predicted octanol–water partition coefficient (Wildman–Crippen LogP) is 4.81. The Kier molecular flexibility index (Phi) is 4.91. The molecule has 0 aliphatic carbocycles. The molecule has 0 fully saturated rings. The van der Waals surface area contributed by atoms with Gasteiger partial charge in [-0.3, -0.25) is 9.59 Å². The summed E-state index contributed by atoms with van der Waals surface area (Å²) in [6.07, 6.45) is 0. The van der Waals surface area contributed by atoms with Crippen molar-refractivity contribution >= 4 is 39.3 Å². The van der Waals surface area contributed by atoms with Gasteiger partial charge in [-0.15, -0.1) is 0 Å². The Morgan fingerprint density at radius 3 is 2.59 bits per heavy atom. The van der Waals surface area contributed by atoms with Gasteiger partial charge in [-0.2, -0.15) is 0 Å². The van der Waals surface area contributed by atoms with Crippen LogP contribution in [0.1, 0.15) is 17.3 Å². The molecule has 0 unspecified atom stereocenters. The summed E-state index contributed by atoms with van der Waals surface area (Å²) in [6, 6.07) is 18.0. The van der Waals surface area contributed by atoms with Gasteiger partial charge < -0.3 is 19.2 Å². The molecule has 0 aliphatic rings. The lowest BCUT2D eigenvalue weighted by Crippen LogP contribution is -2.20. The van der Waals surface area contributed by atoms with Crippen molar-refractivity contribution in [1.82, 2.24) is 0 Å². The summed E-state index contributed by atoms with van der Waals surface area (Å²) in [4.78, 5) is 23.9. The molecule has 1 aromatic heterocycles. The van der Waals surface area contributed by atoms with Crippen LogP contribution in [0, 0.1) is 0 Å². The average Bonchev–Trinajstić information content (AvgIpc) is 3.09. The van der Waals surface area contributed by atoms with E-state index in [-0.39, 0.29) is 18.3 Å². The van der Waals surface area contributed by atoms with Gasteiger partial charge in [-0.1, -0.05) is 30.3 Å². The first-order chi connectivity index (χ1) is 14.0. The highest BCUT2D eigenvalue weighted by molar-refractivity contribution is 6.07. The highest BCUT2D eigenvalue weighted by atomic mass is 16.5. The fourth-order valence-electron chi connectivity index (χ4n) is 3.16. The third-order valence-electron chi connectivity index (χ3n) is 4.58. The summed E-state index contributed by atoms with van der Waals surface area (Å²) in [5, 5.41) is 4.68. The number of Topliss-reactive ketones (excluding diaryl/α,β-unsaturated/α-hetero) is 1. The van der Waals surface area contributed by atoms with Gasteiger partial charge in [0.2, 0.25) is 0 Å². The first-order valence-electron chi connectivity index (χ1n) is 9.08. The van der Waals surface area contributed by atoms with Crippen molar-refractivity contribution in [3.8, 4) is 11.5 Å². The average molecular weight is 389 g/mol. The number of carbonyl (C=O) groups excluding carboxylic acids is 2. The molecule has 0 saturated heterocycles. The summed E-state index contributed by atoms with van der Waals surface area (Å²) < 4.78 is 16.8. The van der Waals surface area contributed by atoms with E-state index < -0.39 is 0 Å². The van der Waals surface area contributed by atoms with Crippen molar-refractivity contribution in [3.05, 3.63) is 66.2 Å². The maximum absolute atomic E-state index is 12.4. The number of nitrogens with one attached hydrogen (secondary N) is 1. The van der Waals surface area contributed by atoms with Crippen LogP contribution in [0.3, 0.4) is 0 Å². The van der Waals surface area contributed by atoms with E-state index in [1.54, 1.807) is 37.4 Å². The first kappa shape index (κ1) is 18.6. The lowest BCUT2D eigenvalue weighted by molar-refractivity contribution is -0.118. The van der Waals surface area contributed by atoms with Crippen molar-refractivity contribution in [2.45, 2.75) is 6.92 Å². The molecule has 0 aliphatic heterocycles. The molecule has 146 valence electrons. The van der Waals surface area contributed by atoms with Gasteiger partial charge in [0.05, 0.1) is 12.8 Å². The molecule has 1 heterocycles. The zero-order chi connectivity index (χ0) is 20.4. The number of ether oxygens (including phenoxy) is 2. The van der Waals surface area contributed by atoms with Crippen molar-refractivity contribution in [2.75, 3.05) is 19.0 Å². The van der Waals surface area contributed by atoms with Crippen molar-refractivity contribution in [3.63, 3.8) is 0 Å².